The summed E-state index contributed by atoms with van der Waals surface area (Å²) in [6.07, 6.45) is -2.89. The van der Waals surface area contributed by atoms with Gasteiger partial charge in [-0.15, -0.1) is 0 Å². The van der Waals surface area contributed by atoms with Gasteiger partial charge in [0, 0.05) is 19.3 Å². The van der Waals surface area contributed by atoms with Crippen molar-refractivity contribution in [1.82, 2.24) is 10.6 Å². The van der Waals surface area contributed by atoms with Crippen molar-refractivity contribution in [1.29, 1.82) is 0 Å². The minimum absolute atomic E-state index is 0.00547. The van der Waals surface area contributed by atoms with Gasteiger partial charge in [0.2, 0.25) is 0 Å². The molecule has 0 saturated heterocycles. The molecule has 1 aromatic carbocycles. The average molecular weight is 395 g/mol. The summed E-state index contributed by atoms with van der Waals surface area (Å²) in [5.74, 6) is 0.236. The summed E-state index contributed by atoms with van der Waals surface area (Å²) in [7, 11) is -1.50. The van der Waals surface area contributed by atoms with Crippen LogP contribution in [-0.2, 0) is 16.0 Å². The molecule has 1 unspecified atom stereocenters. The predicted molar refractivity (Wildman–Crippen MR) is 95.2 cm³/mol. The van der Waals surface area contributed by atoms with Gasteiger partial charge in [-0.2, -0.15) is 13.2 Å². The molecule has 2 N–H and O–H groups in total. The topological polar surface area (TPSA) is 79.8 Å². The summed E-state index contributed by atoms with van der Waals surface area (Å²) in [6, 6.07) is 4.87. The Kier molecular flexibility index (Phi) is 8.19. The zero-order valence-electron chi connectivity index (χ0n) is 14.9. The van der Waals surface area contributed by atoms with E-state index in [0.717, 1.165) is 6.07 Å². The van der Waals surface area contributed by atoms with Gasteiger partial charge in [-0.3, -0.25) is 4.99 Å². The average Bonchev–Trinajstić information content (AvgIpc) is 2.54. The number of alkyl halides is 3. The van der Waals surface area contributed by atoms with Crippen LogP contribution in [0.15, 0.2) is 29.3 Å². The molecule has 0 heterocycles. The van der Waals surface area contributed by atoms with E-state index in [1.165, 1.54) is 24.5 Å². The van der Waals surface area contributed by atoms with Crippen molar-refractivity contribution >= 4 is 15.8 Å². The summed E-state index contributed by atoms with van der Waals surface area (Å²) in [5, 5.41) is 5.92. The standard InChI is InChI=1S/C16H24F3N3O3S/c1-12(8-11-26(3,23)24)22-15(20-2)21-9-10-25-14-7-5-4-6-13(14)16(17,18)19/h4-7,12H,8-11H2,1-3H3,(H2,20,21,22). The summed E-state index contributed by atoms with van der Waals surface area (Å²) in [4.78, 5) is 3.98. The fraction of sp³-hybridized carbons (Fsp3) is 0.562. The zero-order chi connectivity index (χ0) is 19.8. The number of rotatable bonds is 8. The van der Waals surface area contributed by atoms with Gasteiger partial charge in [0.1, 0.15) is 22.2 Å². The van der Waals surface area contributed by atoms with Crippen LogP contribution in [-0.4, -0.2) is 52.6 Å². The number of nitrogens with zero attached hydrogens (tertiary/aromatic N) is 1. The summed E-state index contributed by atoms with van der Waals surface area (Å²) >= 11 is 0. The SMILES string of the molecule is CN=C(NCCOc1ccccc1C(F)(F)F)NC(C)CCS(C)(=O)=O. The molecule has 0 spiro atoms. The van der Waals surface area contributed by atoms with Crippen molar-refractivity contribution in [2.24, 2.45) is 4.99 Å². The van der Waals surface area contributed by atoms with Crippen LogP contribution in [0.4, 0.5) is 13.2 Å². The number of hydrogen-bond acceptors (Lipinski definition) is 4. The monoisotopic (exact) mass is 395 g/mol. The summed E-state index contributed by atoms with van der Waals surface area (Å²) in [5.41, 5.74) is -0.822. The molecule has 148 valence electrons. The minimum Gasteiger partial charge on any atom is -0.491 e. The van der Waals surface area contributed by atoms with Gasteiger partial charge < -0.3 is 15.4 Å². The number of sulfone groups is 1. The second-order valence-electron chi connectivity index (χ2n) is 5.81. The van der Waals surface area contributed by atoms with E-state index in [-0.39, 0.29) is 30.7 Å². The number of hydrogen-bond donors (Lipinski definition) is 2. The Morgan fingerprint density at radius 2 is 1.96 bits per heavy atom. The molecule has 0 aliphatic carbocycles. The maximum absolute atomic E-state index is 12.9. The molecular weight excluding hydrogens is 371 g/mol. The molecule has 10 heteroatoms. The molecule has 0 aliphatic rings. The Hall–Kier alpha value is -1.97. The largest absolute Gasteiger partial charge is 0.491 e. The normalized spacial score (nSPS) is 14.0. The molecule has 0 radical (unpaired) electrons. The smallest absolute Gasteiger partial charge is 0.419 e. The number of guanidine groups is 1. The molecule has 0 fully saturated rings. The Labute approximate surface area is 151 Å². The Bertz CT molecular complexity index is 706. The molecule has 0 amide bonds. The minimum atomic E-state index is -4.48. The van der Waals surface area contributed by atoms with Crippen LogP contribution in [0.25, 0.3) is 0 Å². The van der Waals surface area contributed by atoms with Crippen LogP contribution in [0, 0.1) is 0 Å². The van der Waals surface area contributed by atoms with E-state index in [2.05, 4.69) is 15.6 Å². The van der Waals surface area contributed by atoms with Crippen molar-refractivity contribution < 1.29 is 26.3 Å². The van der Waals surface area contributed by atoms with Gasteiger partial charge in [0.15, 0.2) is 5.96 Å². The maximum atomic E-state index is 12.9. The lowest BCUT2D eigenvalue weighted by Gasteiger charge is -2.18. The first-order chi connectivity index (χ1) is 12.0. The zero-order valence-corrected chi connectivity index (χ0v) is 15.7. The number of ether oxygens (including phenoxy) is 1. The van der Waals surface area contributed by atoms with Crippen molar-refractivity contribution in [3.63, 3.8) is 0 Å². The first-order valence-corrected chi connectivity index (χ1v) is 10.0. The van der Waals surface area contributed by atoms with Gasteiger partial charge in [0.25, 0.3) is 0 Å². The highest BCUT2D eigenvalue weighted by atomic mass is 32.2. The first-order valence-electron chi connectivity index (χ1n) is 7.97. The van der Waals surface area contributed by atoms with E-state index in [0.29, 0.717) is 12.4 Å². The van der Waals surface area contributed by atoms with Crippen LogP contribution in [0.5, 0.6) is 5.75 Å². The van der Waals surface area contributed by atoms with Gasteiger partial charge in [-0.25, -0.2) is 8.42 Å². The van der Waals surface area contributed by atoms with E-state index < -0.39 is 21.6 Å². The fourth-order valence-electron chi connectivity index (χ4n) is 2.05. The lowest BCUT2D eigenvalue weighted by molar-refractivity contribution is -0.138. The third kappa shape index (κ3) is 8.41. The molecular formula is C16H24F3N3O3S. The molecule has 26 heavy (non-hydrogen) atoms. The summed E-state index contributed by atoms with van der Waals surface area (Å²) < 4.78 is 66.2. The Morgan fingerprint density at radius 1 is 1.31 bits per heavy atom. The van der Waals surface area contributed by atoms with Crippen molar-refractivity contribution in [2.75, 3.05) is 32.2 Å². The molecule has 1 aromatic rings. The fourth-order valence-corrected chi connectivity index (χ4v) is 2.83. The number of benzene rings is 1. The number of halogens is 3. The van der Waals surface area contributed by atoms with Crippen LogP contribution < -0.4 is 15.4 Å². The highest BCUT2D eigenvalue weighted by molar-refractivity contribution is 7.90. The predicted octanol–water partition coefficient (Wildman–Crippen LogP) is 2.07. The summed E-state index contributed by atoms with van der Waals surface area (Å²) in [6.45, 7) is 2.05. The number of aliphatic imine (C=N–C) groups is 1. The quantitative estimate of drug-likeness (QED) is 0.400. The highest BCUT2D eigenvalue weighted by Gasteiger charge is 2.33. The van der Waals surface area contributed by atoms with Gasteiger partial charge in [0.05, 0.1) is 17.9 Å². The van der Waals surface area contributed by atoms with E-state index in [9.17, 15) is 21.6 Å². The first kappa shape index (κ1) is 22.1. The van der Waals surface area contributed by atoms with Crippen LogP contribution in [0.3, 0.4) is 0 Å². The molecule has 6 nitrogen and oxygen atoms in total. The van der Waals surface area contributed by atoms with Crippen molar-refractivity contribution in [2.45, 2.75) is 25.6 Å². The van der Waals surface area contributed by atoms with Crippen molar-refractivity contribution in [3.8, 4) is 5.75 Å². The van der Waals surface area contributed by atoms with Gasteiger partial charge in [-0.05, 0) is 25.5 Å². The van der Waals surface area contributed by atoms with E-state index in [4.69, 9.17) is 4.74 Å². The third-order valence-electron chi connectivity index (χ3n) is 3.37. The highest BCUT2D eigenvalue weighted by Crippen LogP contribution is 2.35. The van der Waals surface area contributed by atoms with E-state index in [1.54, 1.807) is 7.05 Å². The molecule has 0 bridgehead atoms. The molecule has 0 aliphatic heterocycles. The molecule has 0 aromatic heterocycles. The second-order valence-corrected chi connectivity index (χ2v) is 8.07. The van der Waals surface area contributed by atoms with Gasteiger partial charge >= 0.3 is 6.18 Å². The van der Waals surface area contributed by atoms with Crippen LogP contribution in [0.2, 0.25) is 0 Å². The maximum Gasteiger partial charge on any atom is 0.419 e. The van der Waals surface area contributed by atoms with Crippen molar-refractivity contribution in [3.05, 3.63) is 29.8 Å². The number of para-hydroxylation sites is 1. The van der Waals surface area contributed by atoms with E-state index in [1.807, 2.05) is 6.92 Å². The number of nitrogens with one attached hydrogen (secondary N) is 2. The molecule has 1 rings (SSSR count). The molecule has 0 saturated carbocycles. The van der Waals surface area contributed by atoms with Crippen LogP contribution in [0.1, 0.15) is 18.9 Å². The Morgan fingerprint density at radius 3 is 2.54 bits per heavy atom. The Balaban J connectivity index is 2.45. The van der Waals surface area contributed by atoms with E-state index >= 15 is 0 Å². The molecule has 1 atom stereocenters. The third-order valence-corrected chi connectivity index (χ3v) is 4.35. The lowest BCUT2D eigenvalue weighted by atomic mass is 10.2. The second kappa shape index (κ2) is 9.65. The van der Waals surface area contributed by atoms with Gasteiger partial charge in [-0.1, -0.05) is 12.1 Å². The van der Waals surface area contributed by atoms with Crippen LogP contribution >= 0.6 is 0 Å². The lowest BCUT2D eigenvalue weighted by Crippen LogP contribution is -2.44.